The standard InChI is InChI=1S/C18H25BNO5P/c1-3-24-26(23,25-4-2)18(19(21)22,17-13-9-6-10-14-17)20-15-16-11-7-5-8-12-16/h5-14,20-22H,3-4,15H2,1-2H3. The predicted octanol–water partition coefficient (Wildman–Crippen LogP) is 2.91. The van der Waals surface area contributed by atoms with Crippen molar-refractivity contribution in [3.05, 3.63) is 71.8 Å². The van der Waals surface area contributed by atoms with E-state index >= 15 is 0 Å². The normalized spacial score (nSPS) is 14.0. The molecule has 0 radical (unpaired) electrons. The molecule has 0 saturated carbocycles. The molecule has 0 amide bonds. The van der Waals surface area contributed by atoms with E-state index in [1.807, 2.05) is 30.3 Å². The van der Waals surface area contributed by atoms with Crippen molar-refractivity contribution in [1.29, 1.82) is 0 Å². The fourth-order valence-electron chi connectivity index (χ4n) is 2.84. The SMILES string of the molecule is CCOP(=O)(OCC)C(NCc1ccccc1)(B(O)O)c1ccccc1. The van der Waals surface area contributed by atoms with Crippen molar-refractivity contribution < 1.29 is 23.7 Å². The van der Waals surface area contributed by atoms with Crippen molar-refractivity contribution in [1.82, 2.24) is 5.32 Å². The summed E-state index contributed by atoms with van der Waals surface area (Å²) in [5.74, 6) is 0. The van der Waals surface area contributed by atoms with E-state index < -0.39 is 19.9 Å². The summed E-state index contributed by atoms with van der Waals surface area (Å²) >= 11 is 0. The van der Waals surface area contributed by atoms with E-state index in [9.17, 15) is 14.6 Å². The highest BCUT2D eigenvalue weighted by molar-refractivity contribution is 7.57. The summed E-state index contributed by atoms with van der Waals surface area (Å²) in [6.07, 6.45) is 0. The van der Waals surface area contributed by atoms with Gasteiger partial charge in [0, 0.05) is 6.54 Å². The van der Waals surface area contributed by atoms with Crippen LogP contribution in [0.2, 0.25) is 0 Å². The molecule has 140 valence electrons. The van der Waals surface area contributed by atoms with Crippen molar-refractivity contribution >= 4 is 14.7 Å². The van der Waals surface area contributed by atoms with Gasteiger partial charge in [-0.3, -0.25) is 9.88 Å². The van der Waals surface area contributed by atoms with Crippen molar-refractivity contribution in [2.24, 2.45) is 0 Å². The third-order valence-electron chi connectivity index (χ3n) is 4.02. The lowest BCUT2D eigenvalue weighted by Crippen LogP contribution is -2.55. The van der Waals surface area contributed by atoms with Crippen LogP contribution in [-0.2, 0) is 25.3 Å². The number of nitrogens with one attached hydrogen (secondary N) is 1. The molecular formula is C18H25BNO5P. The molecular weight excluding hydrogens is 352 g/mol. The van der Waals surface area contributed by atoms with Crippen molar-refractivity contribution in [3.63, 3.8) is 0 Å². The number of benzene rings is 2. The van der Waals surface area contributed by atoms with Crippen molar-refractivity contribution in [3.8, 4) is 0 Å². The predicted molar refractivity (Wildman–Crippen MR) is 102 cm³/mol. The Balaban J connectivity index is 2.55. The topological polar surface area (TPSA) is 88.0 Å². The highest BCUT2D eigenvalue weighted by atomic mass is 31.2. The molecule has 0 aliphatic heterocycles. The van der Waals surface area contributed by atoms with Crippen molar-refractivity contribution in [2.75, 3.05) is 13.2 Å². The maximum absolute atomic E-state index is 13.7. The summed E-state index contributed by atoms with van der Waals surface area (Å²) in [5, 5.41) is 21.9. The van der Waals surface area contributed by atoms with Crippen LogP contribution in [-0.4, -0.2) is 30.4 Å². The van der Waals surface area contributed by atoms with Gasteiger partial charge in [0.05, 0.1) is 13.2 Å². The highest BCUT2D eigenvalue weighted by Gasteiger charge is 2.60. The lowest BCUT2D eigenvalue weighted by Gasteiger charge is -2.39. The van der Waals surface area contributed by atoms with Crippen LogP contribution < -0.4 is 5.32 Å². The zero-order valence-electron chi connectivity index (χ0n) is 15.0. The van der Waals surface area contributed by atoms with E-state index in [1.54, 1.807) is 44.2 Å². The highest BCUT2D eigenvalue weighted by Crippen LogP contribution is 2.64. The van der Waals surface area contributed by atoms with Gasteiger partial charge >= 0.3 is 14.7 Å². The van der Waals surface area contributed by atoms with Gasteiger partial charge in [0.2, 0.25) is 0 Å². The Bertz CT molecular complexity index is 706. The van der Waals surface area contributed by atoms with Crippen LogP contribution in [0.25, 0.3) is 0 Å². The van der Waals surface area contributed by atoms with Gasteiger partial charge in [-0.15, -0.1) is 0 Å². The van der Waals surface area contributed by atoms with Crippen LogP contribution in [0, 0.1) is 0 Å². The Morgan fingerprint density at radius 1 is 0.962 bits per heavy atom. The van der Waals surface area contributed by atoms with Gasteiger partial charge in [-0.1, -0.05) is 60.7 Å². The molecule has 1 atom stereocenters. The summed E-state index contributed by atoms with van der Waals surface area (Å²) < 4.78 is 24.7. The van der Waals surface area contributed by atoms with Gasteiger partial charge in [-0.25, -0.2) is 0 Å². The third kappa shape index (κ3) is 4.26. The summed E-state index contributed by atoms with van der Waals surface area (Å²) in [4.78, 5) is 0. The molecule has 26 heavy (non-hydrogen) atoms. The maximum Gasteiger partial charge on any atom is 0.490 e. The summed E-state index contributed by atoms with van der Waals surface area (Å²) in [5.41, 5.74) is 1.31. The zero-order chi connectivity index (χ0) is 19.0. The second kappa shape index (κ2) is 9.46. The quantitative estimate of drug-likeness (QED) is 0.436. The Hall–Kier alpha value is -1.47. The first kappa shape index (κ1) is 20.8. The Morgan fingerprint density at radius 2 is 1.46 bits per heavy atom. The largest absolute Gasteiger partial charge is 0.490 e. The summed E-state index contributed by atoms with van der Waals surface area (Å²) in [7, 11) is -6.00. The third-order valence-corrected chi connectivity index (χ3v) is 6.73. The Kier molecular flexibility index (Phi) is 7.59. The van der Waals surface area contributed by atoms with Crippen LogP contribution in [0.4, 0.5) is 0 Å². The lowest BCUT2D eigenvalue weighted by atomic mass is 9.74. The molecule has 6 nitrogen and oxygen atoms in total. The molecule has 1 unspecified atom stereocenters. The molecule has 8 heteroatoms. The second-order valence-electron chi connectivity index (χ2n) is 5.68. The molecule has 0 bridgehead atoms. The fourth-order valence-corrected chi connectivity index (χ4v) is 5.03. The number of hydrogen-bond acceptors (Lipinski definition) is 6. The minimum absolute atomic E-state index is 0.103. The van der Waals surface area contributed by atoms with E-state index in [4.69, 9.17) is 9.05 Å². The fraction of sp³-hybridized carbons (Fsp3) is 0.333. The molecule has 0 saturated heterocycles. The van der Waals surface area contributed by atoms with E-state index in [0.29, 0.717) is 5.56 Å². The molecule has 0 aliphatic carbocycles. The molecule has 0 aromatic heterocycles. The molecule has 2 rings (SSSR count). The van der Waals surface area contributed by atoms with Crippen LogP contribution in [0.1, 0.15) is 25.0 Å². The maximum atomic E-state index is 13.7. The molecule has 3 N–H and O–H groups in total. The lowest BCUT2D eigenvalue weighted by molar-refractivity contribution is 0.190. The van der Waals surface area contributed by atoms with Crippen molar-refractivity contribution in [2.45, 2.75) is 25.6 Å². The van der Waals surface area contributed by atoms with Crippen LogP contribution >= 0.6 is 7.60 Å². The monoisotopic (exact) mass is 377 g/mol. The zero-order valence-corrected chi connectivity index (χ0v) is 15.9. The molecule has 2 aromatic carbocycles. The molecule has 0 heterocycles. The first-order valence-electron chi connectivity index (χ1n) is 8.60. The summed E-state index contributed by atoms with van der Waals surface area (Å²) in [6, 6.07) is 18.0. The number of rotatable bonds is 10. The minimum Gasteiger partial charge on any atom is -0.425 e. The molecule has 0 aliphatic rings. The van der Waals surface area contributed by atoms with Crippen LogP contribution in [0.5, 0.6) is 0 Å². The van der Waals surface area contributed by atoms with E-state index in [-0.39, 0.29) is 19.8 Å². The van der Waals surface area contributed by atoms with Gasteiger partial charge in [0.1, 0.15) is 0 Å². The first-order valence-corrected chi connectivity index (χ1v) is 10.1. The average Bonchev–Trinajstić information content (AvgIpc) is 2.64. The first-order chi connectivity index (χ1) is 12.5. The van der Waals surface area contributed by atoms with Crippen LogP contribution in [0.3, 0.4) is 0 Å². The van der Waals surface area contributed by atoms with Gasteiger partial charge in [0.15, 0.2) is 5.18 Å². The molecule has 0 spiro atoms. The molecule has 2 aromatic rings. The van der Waals surface area contributed by atoms with Gasteiger partial charge in [0.25, 0.3) is 0 Å². The van der Waals surface area contributed by atoms with Gasteiger partial charge in [-0.2, -0.15) is 0 Å². The Morgan fingerprint density at radius 3 is 1.92 bits per heavy atom. The average molecular weight is 377 g/mol. The van der Waals surface area contributed by atoms with Gasteiger partial charge < -0.3 is 19.1 Å². The summed E-state index contributed by atoms with van der Waals surface area (Å²) in [6.45, 7) is 3.82. The van der Waals surface area contributed by atoms with Crippen LogP contribution in [0.15, 0.2) is 60.7 Å². The van der Waals surface area contributed by atoms with E-state index in [1.165, 1.54) is 0 Å². The minimum atomic E-state index is -3.99. The smallest absolute Gasteiger partial charge is 0.425 e. The number of hydrogen-bond donors (Lipinski definition) is 3. The second-order valence-corrected chi connectivity index (χ2v) is 7.89. The Labute approximate surface area is 154 Å². The van der Waals surface area contributed by atoms with E-state index in [0.717, 1.165) is 5.56 Å². The van der Waals surface area contributed by atoms with E-state index in [2.05, 4.69) is 5.32 Å². The molecule has 0 fully saturated rings. The van der Waals surface area contributed by atoms with Gasteiger partial charge in [-0.05, 0) is 25.0 Å².